The third kappa shape index (κ3) is 2.78. The van der Waals surface area contributed by atoms with Gasteiger partial charge in [0.2, 0.25) is 5.56 Å². The van der Waals surface area contributed by atoms with Gasteiger partial charge in [-0.15, -0.1) is 11.3 Å². The van der Waals surface area contributed by atoms with E-state index < -0.39 is 0 Å². The fourth-order valence-corrected chi connectivity index (χ4v) is 4.12. The average molecular weight is 451 g/mol. The maximum absolute atomic E-state index is 13.4. The van der Waals surface area contributed by atoms with Gasteiger partial charge < -0.3 is 4.98 Å². The molecule has 8 heteroatoms. The number of benzene rings is 2. The molecule has 0 radical (unpaired) electrons. The number of thiazole rings is 1. The second kappa shape index (κ2) is 6.50. The van der Waals surface area contributed by atoms with Crippen molar-refractivity contribution in [2.24, 2.45) is 0 Å². The minimum atomic E-state index is -0.305. The van der Waals surface area contributed by atoms with Gasteiger partial charge in [-0.2, -0.15) is 9.78 Å². The van der Waals surface area contributed by atoms with Crippen molar-refractivity contribution in [1.82, 2.24) is 19.7 Å². The SMILES string of the molecule is O=c1ccc2nn(-c3ccc4ncsc4c3)c(=O)c(-c3ccc(Br)cc3)c2[nH]1. The summed E-state index contributed by atoms with van der Waals surface area (Å²) in [6, 6.07) is 16.0. The highest BCUT2D eigenvalue weighted by Crippen LogP contribution is 2.25. The van der Waals surface area contributed by atoms with Gasteiger partial charge in [0.15, 0.2) is 0 Å². The number of H-pyrrole nitrogens is 1. The molecule has 0 bridgehead atoms. The van der Waals surface area contributed by atoms with Crippen molar-refractivity contribution >= 4 is 48.5 Å². The summed E-state index contributed by atoms with van der Waals surface area (Å²) >= 11 is 4.91. The quantitative estimate of drug-likeness (QED) is 0.438. The number of hydrogen-bond acceptors (Lipinski definition) is 5. The second-order valence-electron chi connectivity index (χ2n) is 6.19. The highest BCUT2D eigenvalue weighted by atomic mass is 79.9. The number of pyridine rings is 1. The third-order valence-corrected chi connectivity index (χ3v) is 5.77. The van der Waals surface area contributed by atoms with Crippen LogP contribution in [0.4, 0.5) is 0 Å². The lowest BCUT2D eigenvalue weighted by Crippen LogP contribution is -2.24. The number of nitrogens with zero attached hydrogens (tertiary/aromatic N) is 3. The predicted molar refractivity (Wildman–Crippen MR) is 114 cm³/mol. The van der Waals surface area contributed by atoms with Crippen LogP contribution in [0.1, 0.15) is 0 Å². The Balaban J connectivity index is 1.87. The van der Waals surface area contributed by atoms with E-state index in [-0.39, 0.29) is 11.1 Å². The van der Waals surface area contributed by atoms with Gasteiger partial charge in [-0.1, -0.05) is 28.1 Å². The molecule has 0 aliphatic heterocycles. The van der Waals surface area contributed by atoms with Gasteiger partial charge in [-0.05, 0) is 42.0 Å². The molecule has 5 aromatic rings. The maximum Gasteiger partial charge on any atom is 0.281 e. The van der Waals surface area contributed by atoms with Crippen molar-refractivity contribution in [1.29, 1.82) is 0 Å². The Bertz CT molecular complexity index is 1470. The normalized spacial score (nSPS) is 11.3. The smallest absolute Gasteiger partial charge is 0.281 e. The molecule has 0 unspecified atom stereocenters. The molecule has 0 saturated carbocycles. The molecule has 28 heavy (non-hydrogen) atoms. The Morgan fingerprint density at radius 3 is 2.57 bits per heavy atom. The van der Waals surface area contributed by atoms with Gasteiger partial charge in [-0.25, -0.2) is 4.98 Å². The van der Waals surface area contributed by atoms with Crippen molar-refractivity contribution in [2.75, 3.05) is 0 Å². The molecule has 0 saturated heterocycles. The van der Waals surface area contributed by atoms with Gasteiger partial charge in [0, 0.05) is 10.5 Å². The third-order valence-electron chi connectivity index (χ3n) is 4.45. The van der Waals surface area contributed by atoms with E-state index in [1.165, 1.54) is 22.1 Å². The van der Waals surface area contributed by atoms with E-state index in [1.54, 1.807) is 11.6 Å². The van der Waals surface area contributed by atoms with Gasteiger partial charge in [0.1, 0.15) is 5.52 Å². The Kier molecular flexibility index (Phi) is 3.96. The number of halogens is 1. The molecule has 0 amide bonds. The summed E-state index contributed by atoms with van der Waals surface area (Å²) in [7, 11) is 0. The summed E-state index contributed by atoms with van der Waals surface area (Å²) in [5.41, 5.74) is 4.76. The second-order valence-corrected chi connectivity index (χ2v) is 7.99. The van der Waals surface area contributed by atoms with Crippen LogP contribution in [0.3, 0.4) is 0 Å². The predicted octanol–water partition coefficient (Wildman–Crippen LogP) is 4.11. The van der Waals surface area contributed by atoms with E-state index in [0.717, 1.165) is 14.7 Å². The lowest BCUT2D eigenvalue weighted by Gasteiger charge is -2.11. The highest BCUT2D eigenvalue weighted by molar-refractivity contribution is 9.10. The number of hydrogen-bond donors (Lipinski definition) is 1. The largest absolute Gasteiger partial charge is 0.320 e. The first-order chi connectivity index (χ1) is 13.6. The first-order valence-electron chi connectivity index (χ1n) is 8.36. The molecule has 0 fully saturated rings. The van der Waals surface area contributed by atoms with Crippen LogP contribution in [0, 0.1) is 0 Å². The zero-order chi connectivity index (χ0) is 19.3. The molecule has 2 aromatic carbocycles. The molecule has 0 spiro atoms. The summed E-state index contributed by atoms with van der Waals surface area (Å²) in [6.45, 7) is 0. The molecule has 1 N–H and O–H groups in total. The molecule has 0 aliphatic rings. The van der Waals surface area contributed by atoms with Crippen molar-refractivity contribution < 1.29 is 0 Å². The van der Waals surface area contributed by atoms with Crippen LogP contribution in [0.25, 0.3) is 38.1 Å². The van der Waals surface area contributed by atoms with E-state index in [2.05, 4.69) is 31.0 Å². The van der Waals surface area contributed by atoms with E-state index >= 15 is 0 Å². The summed E-state index contributed by atoms with van der Waals surface area (Å²) in [5.74, 6) is 0. The van der Waals surface area contributed by atoms with Crippen LogP contribution in [0.15, 0.2) is 74.2 Å². The van der Waals surface area contributed by atoms with Crippen LogP contribution in [-0.2, 0) is 0 Å². The van der Waals surface area contributed by atoms with Crippen molar-refractivity contribution in [3.05, 3.63) is 85.3 Å². The van der Waals surface area contributed by atoms with E-state index in [4.69, 9.17) is 0 Å². The van der Waals surface area contributed by atoms with Gasteiger partial charge >= 0.3 is 0 Å². The number of rotatable bonds is 2. The standard InChI is InChI=1S/C20H11BrN4O2S/c21-12-3-1-11(2-4-12)18-19-15(7-8-17(26)23-19)24-25(20(18)27)13-5-6-14-16(9-13)28-10-22-14/h1-10H,(H,23,26). The molecule has 3 heterocycles. The zero-order valence-corrected chi connectivity index (χ0v) is 16.6. The summed E-state index contributed by atoms with van der Waals surface area (Å²) in [6.07, 6.45) is 0. The number of nitrogens with one attached hydrogen (secondary N) is 1. The van der Waals surface area contributed by atoms with E-state index in [9.17, 15) is 9.59 Å². The molecule has 3 aromatic heterocycles. The highest BCUT2D eigenvalue weighted by Gasteiger charge is 2.16. The van der Waals surface area contributed by atoms with Gasteiger partial charge in [-0.3, -0.25) is 9.59 Å². The van der Waals surface area contributed by atoms with E-state index in [0.29, 0.717) is 27.8 Å². The van der Waals surface area contributed by atoms with Crippen LogP contribution < -0.4 is 11.1 Å². The molecule has 6 nitrogen and oxygen atoms in total. The van der Waals surface area contributed by atoms with Crippen molar-refractivity contribution in [3.8, 4) is 16.8 Å². The first kappa shape index (κ1) is 17.0. The lowest BCUT2D eigenvalue weighted by atomic mass is 10.1. The molecule has 136 valence electrons. The monoisotopic (exact) mass is 450 g/mol. The fourth-order valence-electron chi connectivity index (χ4n) is 3.14. The van der Waals surface area contributed by atoms with Crippen LogP contribution in [0.2, 0.25) is 0 Å². The van der Waals surface area contributed by atoms with Gasteiger partial charge in [0.05, 0.1) is 32.5 Å². The van der Waals surface area contributed by atoms with Crippen molar-refractivity contribution in [3.63, 3.8) is 0 Å². The molecular formula is C20H11BrN4O2S. The zero-order valence-electron chi connectivity index (χ0n) is 14.2. The number of aromatic nitrogens is 4. The van der Waals surface area contributed by atoms with Crippen molar-refractivity contribution in [2.45, 2.75) is 0 Å². The fraction of sp³-hybridized carbons (Fsp3) is 0. The Labute approximate surface area is 170 Å². The molecular weight excluding hydrogens is 440 g/mol. The number of aromatic amines is 1. The molecule has 0 aliphatic carbocycles. The molecule has 5 rings (SSSR count). The van der Waals surface area contributed by atoms with Gasteiger partial charge in [0.25, 0.3) is 5.56 Å². The number of fused-ring (bicyclic) bond motifs is 2. The maximum atomic E-state index is 13.4. The Morgan fingerprint density at radius 1 is 0.964 bits per heavy atom. The summed E-state index contributed by atoms with van der Waals surface area (Å²) in [4.78, 5) is 32.3. The Hall–Kier alpha value is -3.10. The van der Waals surface area contributed by atoms with Crippen LogP contribution in [0.5, 0.6) is 0 Å². The average Bonchev–Trinajstić information content (AvgIpc) is 3.16. The minimum absolute atomic E-state index is 0.282. The Morgan fingerprint density at radius 2 is 1.75 bits per heavy atom. The minimum Gasteiger partial charge on any atom is -0.320 e. The van der Waals surface area contributed by atoms with Crippen LogP contribution >= 0.6 is 27.3 Å². The summed E-state index contributed by atoms with van der Waals surface area (Å²) in [5, 5.41) is 4.49. The summed E-state index contributed by atoms with van der Waals surface area (Å²) < 4.78 is 3.24. The topological polar surface area (TPSA) is 80.6 Å². The van der Waals surface area contributed by atoms with E-state index in [1.807, 2.05) is 42.5 Å². The first-order valence-corrected chi connectivity index (χ1v) is 10.0. The van der Waals surface area contributed by atoms with Crippen LogP contribution in [-0.4, -0.2) is 19.7 Å². The lowest BCUT2D eigenvalue weighted by molar-refractivity contribution is 0.833. The molecule has 0 atom stereocenters.